The van der Waals surface area contributed by atoms with Crippen LogP contribution in [0.15, 0.2) is 48.5 Å². The third-order valence-corrected chi connectivity index (χ3v) is 4.70. The summed E-state index contributed by atoms with van der Waals surface area (Å²) in [6.45, 7) is 4.55. The molecule has 0 spiro atoms. The van der Waals surface area contributed by atoms with Gasteiger partial charge in [0.05, 0.1) is 18.9 Å². The van der Waals surface area contributed by atoms with Crippen LogP contribution in [-0.4, -0.2) is 55.2 Å². The molecule has 0 bridgehead atoms. The van der Waals surface area contributed by atoms with E-state index in [0.717, 1.165) is 38.4 Å². The molecule has 1 aromatic carbocycles. The van der Waals surface area contributed by atoms with Crippen molar-refractivity contribution in [3.8, 4) is 5.75 Å². The molecule has 0 radical (unpaired) electrons. The number of nitrogens with two attached hydrogens (primary N) is 1. The van der Waals surface area contributed by atoms with Crippen LogP contribution < -0.4 is 15.4 Å². The number of carbonyl (C=O) groups is 1. The number of hydrogen-bond donors (Lipinski definition) is 1. The second-order valence-electron chi connectivity index (χ2n) is 6.53. The zero-order valence-electron chi connectivity index (χ0n) is 15.0. The quantitative estimate of drug-likeness (QED) is 0.656. The van der Waals surface area contributed by atoms with Gasteiger partial charge in [-0.25, -0.2) is 0 Å². The molecule has 0 unspecified atom stereocenters. The highest BCUT2D eigenvalue weighted by atomic mass is 16.5. The fourth-order valence-electron chi connectivity index (χ4n) is 3.23. The molecule has 1 fully saturated rings. The lowest BCUT2D eigenvalue weighted by atomic mass is 10.1. The summed E-state index contributed by atoms with van der Waals surface area (Å²) in [5, 5.41) is 0. The van der Waals surface area contributed by atoms with E-state index in [-0.39, 0.29) is 5.91 Å². The van der Waals surface area contributed by atoms with Crippen molar-refractivity contribution in [2.45, 2.75) is 0 Å². The number of carbonyl (C=O) groups excluding carboxylic acids is 1. The van der Waals surface area contributed by atoms with Crippen LogP contribution in [0.1, 0.15) is 5.56 Å². The second-order valence-corrected chi connectivity index (χ2v) is 6.53. The highest BCUT2D eigenvalue weighted by molar-refractivity contribution is 6.10. The smallest absolute Gasteiger partial charge is 0.294 e. The number of fused-ring (bicyclic) bond motifs is 1. The molecule has 0 atom stereocenters. The molecule has 3 heterocycles. The van der Waals surface area contributed by atoms with Crippen molar-refractivity contribution < 1.29 is 14.3 Å². The summed E-state index contributed by atoms with van der Waals surface area (Å²) >= 11 is 0. The molecule has 2 aromatic rings. The standard InChI is InChI=1S/C20H22N4O3/c21-16-1-2-18-17(14-16)24(8-7-23-9-11-26-12-10-23)20(25)19(27-18)13-15-3-5-22-6-4-15/h1-6,13-14H,7-12,21H2/b19-13+. The number of morpholine rings is 1. The topological polar surface area (TPSA) is 80.9 Å². The zero-order chi connectivity index (χ0) is 18.6. The molecule has 7 heteroatoms. The molecule has 140 valence electrons. The number of anilines is 2. The molecule has 2 N–H and O–H groups in total. The van der Waals surface area contributed by atoms with E-state index in [1.165, 1.54) is 0 Å². The lowest BCUT2D eigenvalue weighted by Gasteiger charge is -2.33. The molecule has 2 aliphatic rings. The van der Waals surface area contributed by atoms with Crippen LogP contribution in [0.2, 0.25) is 0 Å². The van der Waals surface area contributed by atoms with Crippen molar-refractivity contribution in [1.82, 2.24) is 9.88 Å². The van der Waals surface area contributed by atoms with Gasteiger partial charge in [0.15, 0.2) is 11.5 Å². The summed E-state index contributed by atoms with van der Waals surface area (Å²) in [6, 6.07) is 9.04. The maximum Gasteiger partial charge on any atom is 0.294 e. The second kappa shape index (κ2) is 7.77. The van der Waals surface area contributed by atoms with Crippen molar-refractivity contribution in [1.29, 1.82) is 0 Å². The summed E-state index contributed by atoms with van der Waals surface area (Å²) < 4.78 is 11.3. The lowest BCUT2D eigenvalue weighted by molar-refractivity contribution is -0.117. The van der Waals surface area contributed by atoms with E-state index in [0.29, 0.717) is 29.4 Å². The molecular formula is C20H22N4O3. The van der Waals surface area contributed by atoms with Crippen molar-refractivity contribution in [3.63, 3.8) is 0 Å². The number of pyridine rings is 1. The molecular weight excluding hydrogens is 344 g/mol. The van der Waals surface area contributed by atoms with Crippen LogP contribution in [0.25, 0.3) is 6.08 Å². The van der Waals surface area contributed by atoms with Crippen LogP contribution in [0.4, 0.5) is 11.4 Å². The number of nitrogen functional groups attached to an aromatic ring is 1. The van der Waals surface area contributed by atoms with Crippen molar-refractivity contribution in [3.05, 3.63) is 54.0 Å². The predicted octanol–water partition coefficient (Wildman–Crippen LogP) is 1.76. The van der Waals surface area contributed by atoms with E-state index in [1.807, 2.05) is 12.1 Å². The van der Waals surface area contributed by atoms with E-state index in [2.05, 4.69) is 9.88 Å². The van der Waals surface area contributed by atoms with Gasteiger partial charge in [-0.3, -0.25) is 14.7 Å². The van der Waals surface area contributed by atoms with Gasteiger partial charge < -0.3 is 20.1 Å². The molecule has 27 heavy (non-hydrogen) atoms. The van der Waals surface area contributed by atoms with Gasteiger partial charge >= 0.3 is 0 Å². The Bertz CT molecular complexity index is 848. The Morgan fingerprint density at radius 3 is 2.67 bits per heavy atom. The number of rotatable bonds is 4. The minimum Gasteiger partial charge on any atom is -0.449 e. The monoisotopic (exact) mass is 366 g/mol. The molecule has 1 amide bonds. The SMILES string of the molecule is Nc1ccc2c(c1)N(CCN1CCOCC1)C(=O)/C(=C\c1ccncc1)O2. The fourth-order valence-corrected chi connectivity index (χ4v) is 3.23. The van der Waals surface area contributed by atoms with Crippen LogP contribution in [0.3, 0.4) is 0 Å². The number of hydrogen-bond acceptors (Lipinski definition) is 6. The summed E-state index contributed by atoms with van der Waals surface area (Å²) in [5.74, 6) is 0.754. The number of ether oxygens (including phenoxy) is 2. The Morgan fingerprint density at radius 1 is 1.11 bits per heavy atom. The first-order chi connectivity index (χ1) is 13.2. The van der Waals surface area contributed by atoms with E-state index in [4.69, 9.17) is 15.2 Å². The molecule has 1 saturated heterocycles. The first-order valence-electron chi connectivity index (χ1n) is 9.02. The first kappa shape index (κ1) is 17.5. The summed E-state index contributed by atoms with van der Waals surface area (Å²) in [6.07, 6.45) is 5.11. The molecule has 4 rings (SSSR count). The maximum absolute atomic E-state index is 13.1. The average Bonchev–Trinajstić information content (AvgIpc) is 2.70. The maximum atomic E-state index is 13.1. The number of aromatic nitrogens is 1. The number of amides is 1. The van der Waals surface area contributed by atoms with Gasteiger partial charge in [0.1, 0.15) is 0 Å². The Morgan fingerprint density at radius 2 is 1.89 bits per heavy atom. The third kappa shape index (κ3) is 3.94. The third-order valence-electron chi connectivity index (χ3n) is 4.70. The fraction of sp³-hybridized carbons (Fsp3) is 0.300. The Kier molecular flexibility index (Phi) is 5.04. The molecule has 7 nitrogen and oxygen atoms in total. The van der Waals surface area contributed by atoms with Gasteiger partial charge in [-0.15, -0.1) is 0 Å². The molecule has 1 aromatic heterocycles. The first-order valence-corrected chi connectivity index (χ1v) is 9.02. The van der Waals surface area contributed by atoms with Gasteiger partial charge in [-0.1, -0.05) is 0 Å². The van der Waals surface area contributed by atoms with E-state index < -0.39 is 0 Å². The number of benzene rings is 1. The summed E-state index contributed by atoms with van der Waals surface area (Å²) in [7, 11) is 0. The van der Waals surface area contributed by atoms with Crippen LogP contribution in [0, 0.1) is 0 Å². The van der Waals surface area contributed by atoms with E-state index in [1.54, 1.807) is 41.6 Å². The largest absolute Gasteiger partial charge is 0.449 e. The van der Waals surface area contributed by atoms with Crippen molar-refractivity contribution >= 4 is 23.4 Å². The Balaban J connectivity index is 1.61. The Hall–Kier alpha value is -2.90. The van der Waals surface area contributed by atoms with Crippen LogP contribution >= 0.6 is 0 Å². The molecule has 2 aliphatic heterocycles. The van der Waals surface area contributed by atoms with Gasteiger partial charge in [0, 0.05) is 44.3 Å². The molecule has 0 aliphatic carbocycles. The highest BCUT2D eigenvalue weighted by Gasteiger charge is 2.30. The predicted molar refractivity (Wildman–Crippen MR) is 103 cm³/mol. The summed E-state index contributed by atoms with van der Waals surface area (Å²) in [5.41, 5.74) is 8.11. The van der Waals surface area contributed by atoms with Gasteiger partial charge in [0.25, 0.3) is 5.91 Å². The zero-order valence-corrected chi connectivity index (χ0v) is 15.0. The normalized spacial score (nSPS) is 19.0. The van der Waals surface area contributed by atoms with E-state index >= 15 is 0 Å². The van der Waals surface area contributed by atoms with Gasteiger partial charge in [-0.05, 0) is 42.0 Å². The minimum absolute atomic E-state index is 0.168. The van der Waals surface area contributed by atoms with Crippen LogP contribution in [-0.2, 0) is 9.53 Å². The Labute approximate surface area is 158 Å². The van der Waals surface area contributed by atoms with Crippen molar-refractivity contribution in [2.75, 3.05) is 50.0 Å². The van der Waals surface area contributed by atoms with Crippen molar-refractivity contribution in [2.24, 2.45) is 0 Å². The number of nitrogens with zero attached hydrogens (tertiary/aromatic N) is 3. The van der Waals surface area contributed by atoms with E-state index in [9.17, 15) is 4.79 Å². The average molecular weight is 366 g/mol. The lowest BCUT2D eigenvalue weighted by Crippen LogP contribution is -2.45. The van der Waals surface area contributed by atoms with Crippen LogP contribution in [0.5, 0.6) is 5.75 Å². The van der Waals surface area contributed by atoms with Gasteiger partial charge in [-0.2, -0.15) is 0 Å². The molecule has 0 saturated carbocycles. The summed E-state index contributed by atoms with van der Waals surface area (Å²) in [4.78, 5) is 21.2. The van der Waals surface area contributed by atoms with Gasteiger partial charge in [0.2, 0.25) is 0 Å². The minimum atomic E-state index is -0.168. The highest BCUT2D eigenvalue weighted by Crippen LogP contribution is 2.37.